The number of thiazole rings is 1. The fourth-order valence-electron chi connectivity index (χ4n) is 3.27. The smallest absolute Gasteiger partial charge is 0.253 e. The van der Waals surface area contributed by atoms with Gasteiger partial charge < -0.3 is 10.6 Å². The molecular formula is C24H21BrCl2N6O2S2. The minimum Gasteiger partial charge on any atom is -0.342 e. The quantitative estimate of drug-likeness (QED) is 0.173. The SMILES string of the molecule is CC(C)[C@H](NC(=O)c1ccc(Cl)cc1Cl)c1nc(SCC(=O)Nc2nc(-c3ccc(Br)cc3)cs2)n[nH]1. The number of benzene rings is 2. The summed E-state index contributed by atoms with van der Waals surface area (Å²) in [6.07, 6.45) is 0. The van der Waals surface area contributed by atoms with Gasteiger partial charge in [-0.05, 0) is 36.2 Å². The zero-order chi connectivity index (χ0) is 26.5. The van der Waals surface area contributed by atoms with Gasteiger partial charge in [-0.25, -0.2) is 9.97 Å². The highest BCUT2D eigenvalue weighted by molar-refractivity contribution is 9.10. The van der Waals surface area contributed by atoms with Crippen molar-refractivity contribution < 1.29 is 9.59 Å². The van der Waals surface area contributed by atoms with Gasteiger partial charge in [0, 0.05) is 20.4 Å². The number of carbonyl (C=O) groups is 2. The molecule has 0 unspecified atom stereocenters. The van der Waals surface area contributed by atoms with Crippen LogP contribution in [0.1, 0.15) is 36.1 Å². The van der Waals surface area contributed by atoms with Gasteiger partial charge in [-0.15, -0.1) is 16.4 Å². The average molecular weight is 640 g/mol. The fraction of sp³-hybridized carbons (Fsp3) is 0.208. The third kappa shape index (κ3) is 7.32. The molecule has 0 saturated carbocycles. The average Bonchev–Trinajstić information content (AvgIpc) is 3.51. The zero-order valence-corrected chi connectivity index (χ0v) is 24.3. The lowest BCUT2D eigenvalue weighted by Gasteiger charge is -2.20. The van der Waals surface area contributed by atoms with E-state index in [4.69, 9.17) is 23.2 Å². The molecule has 1 atom stereocenters. The highest BCUT2D eigenvalue weighted by atomic mass is 79.9. The van der Waals surface area contributed by atoms with Crippen LogP contribution in [0.5, 0.6) is 0 Å². The van der Waals surface area contributed by atoms with Crippen LogP contribution in [0, 0.1) is 5.92 Å². The van der Waals surface area contributed by atoms with Crippen molar-refractivity contribution in [3.63, 3.8) is 0 Å². The summed E-state index contributed by atoms with van der Waals surface area (Å²) in [6.45, 7) is 3.90. The Bertz CT molecular complexity index is 1410. The Morgan fingerprint density at radius 2 is 1.89 bits per heavy atom. The second-order valence-electron chi connectivity index (χ2n) is 8.20. The van der Waals surface area contributed by atoms with Crippen molar-refractivity contribution in [3.05, 3.63) is 73.8 Å². The number of nitrogens with one attached hydrogen (secondary N) is 3. The van der Waals surface area contributed by atoms with Crippen molar-refractivity contribution >= 4 is 79.2 Å². The molecule has 8 nitrogen and oxygen atoms in total. The maximum Gasteiger partial charge on any atom is 0.253 e. The molecule has 4 aromatic rings. The van der Waals surface area contributed by atoms with E-state index in [2.05, 4.69) is 46.7 Å². The number of halogens is 3. The minimum atomic E-state index is -0.442. The molecular weight excluding hydrogens is 619 g/mol. The molecule has 0 bridgehead atoms. The predicted octanol–water partition coefficient (Wildman–Crippen LogP) is 6.86. The molecule has 192 valence electrons. The largest absolute Gasteiger partial charge is 0.342 e. The van der Waals surface area contributed by atoms with Gasteiger partial charge in [-0.3, -0.25) is 14.7 Å². The molecule has 0 aliphatic rings. The molecule has 4 rings (SSSR count). The van der Waals surface area contributed by atoms with E-state index in [0.717, 1.165) is 15.7 Å². The van der Waals surface area contributed by atoms with E-state index in [0.29, 0.717) is 26.7 Å². The fourth-order valence-corrected chi connectivity index (χ4v) is 5.37. The first kappa shape index (κ1) is 27.6. The first-order valence-electron chi connectivity index (χ1n) is 11.0. The van der Waals surface area contributed by atoms with Crippen molar-refractivity contribution in [2.24, 2.45) is 5.92 Å². The van der Waals surface area contributed by atoms with Gasteiger partial charge in [0.15, 0.2) is 5.13 Å². The Morgan fingerprint density at radius 3 is 2.59 bits per heavy atom. The van der Waals surface area contributed by atoms with Crippen LogP contribution in [0.25, 0.3) is 11.3 Å². The molecule has 2 aromatic carbocycles. The predicted molar refractivity (Wildman–Crippen MR) is 152 cm³/mol. The molecule has 0 saturated heterocycles. The van der Waals surface area contributed by atoms with Crippen molar-refractivity contribution in [3.8, 4) is 11.3 Å². The van der Waals surface area contributed by atoms with E-state index in [1.54, 1.807) is 12.1 Å². The number of amides is 2. The number of H-pyrrole nitrogens is 1. The van der Waals surface area contributed by atoms with Crippen LogP contribution in [0.4, 0.5) is 5.13 Å². The molecule has 2 aromatic heterocycles. The summed E-state index contributed by atoms with van der Waals surface area (Å²) in [5.41, 5.74) is 2.07. The molecule has 37 heavy (non-hydrogen) atoms. The lowest BCUT2D eigenvalue weighted by atomic mass is 10.0. The Kier molecular flexibility index (Phi) is 9.25. The van der Waals surface area contributed by atoms with E-state index >= 15 is 0 Å². The Morgan fingerprint density at radius 1 is 1.14 bits per heavy atom. The first-order chi connectivity index (χ1) is 17.7. The van der Waals surface area contributed by atoms with Crippen molar-refractivity contribution in [1.29, 1.82) is 0 Å². The van der Waals surface area contributed by atoms with E-state index in [1.165, 1.54) is 29.2 Å². The molecule has 0 spiro atoms. The van der Waals surface area contributed by atoms with E-state index in [-0.39, 0.29) is 28.5 Å². The Balaban J connectivity index is 1.34. The molecule has 0 aliphatic heterocycles. The molecule has 0 aliphatic carbocycles. The van der Waals surface area contributed by atoms with Gasteiger partial charge in [-0.2, -0.15) is 0 Å². The lowest BCUT2D eigenvalue weighted by Crippen LogP contribution is -2.32. The summed E-state index contributed by atoms with van der Waals surface area (Å²) in [7, 11) is 0. The Labute approximate surface area is 240 Å². The highest BCUT2D eigenvalue weighted by Gasteiger charge is 2.24. The topological polar surface area (TPSA) is 113 Å². The summed E-state index contributed by atoms with van der Waals surface area (Å²) in [5.74, 6) is 0.0173. The third-order valence-electron chi connectivity index (χ3n) is 5.13. The minimum absolute atomic E-state index is 0.00829. The lowest BCUT2D eigenvalue weighted by molar-refractivity contribution is -0.113. The van der Waals surface area contributed by atoms with E-state index < -0.39 is 6.04 Å². The molecule has 0 radical (unpaired) electrons. The van der Waals surface area contributed by atoms with Crippen molar-refractivity contribution in [2.45, 2.75) is 25.0 Å². The molecule has 2 heterocycles. The molecule has 3 N–H and O–H groups in total. The van der Waals surface area contributed by atoms with Gasteiger partial charge in [0.2, 0.25) is 11.1 Å². The Hall–Kier alpha value is -2.44. The van der Waals surface area contributed by atoms with Gasteiger partial charge >= 0.3 is 0 Å². The first-order valence-corrected chi connectivity index (χ1v) is 14.4. The number of nitrogens with zero attached hydrogens (tertiary/aromatic N) is 3. The van der Waals surface area contributed by atoms with E-state index in [1.807, 2.05) is 43.5 Å². The number of thioether (sulfide) groups is 1. The number of aromatic nitrogens is 4. The number of hydrogen-bond acceptors (Lipinski definition) is 7. The number of anilines is 1. The number of rotatable bonds is 9. The van der Waals surface area contributed by atoms with Crippen LogP contribution in [0.3, 0.4) is 0 Å². The standard InChI is InChI=1S/C24H21BrCl2N6O2S2/c1-12(2)20(30-22(35)16-8-7-15(26)9-17(16)27)21-31-24(33-32-21)37-11-19(34)29-23-28-18(10-36-23)13-3-5-14(25)6-4-13/h3-10,12,20H,11H2,1-2H3,(H,30,35)(H,28,29,34)(H,31,32,33)/t20-/m0/s1. The summed E-state index contributed by atoms with van der Waals surface area (Å²) in [4.78, 5) is 34.2. The normalized spacial score (nSPS) is 11.9. The number of carbonyl (C=O) groups excluding carboxylic acids is 2. The number of hydrogen-bond donors (Lipinski definition) is 3. The molecule has 13 heteroatoms. The summed E-state index contributed by atoms with van der Waals surface area (Å²) >= 11 is 18.1. The second-order valence-corrected chi connectivity index (χ2v) is 11.8. The highest BCUT2D eigenvalue weighted by Crippen LogP contribution is 2.27. The van der Waals surface area contributed by atoms with Crippen LogP contribution in [-0.4, -0.2) is 37.7 Å². The van der Waals surface area contributed by atoms with Crippen LogP contribution in [-0.2, 0) is 4.79 Å². The third-order valence-corrected chi connectivity index (χ3v) is 7.81. The number of aromatic amines is 1. The monoisotopic (exact) mass is 638 g/mol. The molecule has 2 amide bonds. The zero-order valence-electron chi connectivity index (χ0n) is 19.6. The summed E-state index contributed by atoms with van der Waals surface area (Å²) in [5, 5.41) is 16.3. The van der Waals surface area contributed by atoms with Gasteiger partial charge in [0.1, 0.15) is 5.82 Å². The second kappa shape index (κ2) is 12.4. The van der Waals surface area contributed by atoms with Gasteiger partial charge in [0.25, 0.3) is 5.91 Å². The van der Waals surface area contributed by atoms with Crippen LogP contribution < -0.4 is 10.6 Å². The maximum atomic E-state index is 12.8. The molecule has 0 fully saturated rings. The maximum absolute atomic E-state index is 12.8. The summed E-state index contributed by atoms with van der Waals surface area (Å²) < 4.78 is 0.986. The van der Waals surface area contributed by atoms with Crippen LogP contribution in [0.15, 0.2) is 57.5 Å². The van der Waals surface area contributed by atoms with Crippen LogP contribution in [0.2, 0.25) is 10.0 Å². The van der Waals surface area contributed by atoms with Gasteiger partial charge in [0.05, 0.1) is 28.1 Å². The van der Waals surface area contributed by atoms with E-state index in [9.17, 15) is 9.59 Å². The summed E-state index contributed by atoms with van der Waals surface area (Å²) in [6, 6.07) is 12.0. The van der Waals surface area contributed by atoms with Crippen LogP contribution >= 0.6 is 62.2 Å². The van der Waals surface area contributed by atoms with Gasteiger partial charge in [-0.1, -0.05) is 76.9 Å². The van der Waals surface area contributed by atoms with Crippen molar-refractivity contribution in [1.82, 2.24) is 25.5 Å². The van der Waals surface area contributed by atoms with Crippen molar-refractivity contribution in [2.75, 3.05) is 11.1 Å².